The molecule has 0 saturated carbocycles. The van der Waals surface area contributed by atoms with Crippen molar-refractivity contribution in [2.75, 3.05) is 40.8 Å². The van der Waals surface area contributed by atoms with Crippen LogP contribution in [-0.4, -0.2) is 67.7 Å². The number of nitrogens with zero attached hydrogens (tertiary/aromatic N) is 2. The quantitative estimate of drug-likeness (QED) is 0.649. The van der Waals surface area contributed by atoms with Gasteiger partial charge >= 0.3 is 12.0 Å². The Morgan fingerprint density at radius 3 is 2.31 bits per heavy atom. The summed E-state index contributed by atoms with van der Waals surface area (Å²) < 4.78 is 0. The number of nitrogens with one attached hydrogen (secondary N) is 1. The van der Waals surface area contributed by atoms with E-state index >= 15 is 0 Å². The molecule has 0 aliphatic carbocycles. The standard InChI is InChI=1S/C10H21N3O3/c1-12(2)8-6-11-10(16)13(3)7-4-5-9(14)15/h4-8H2,1-3H3,(H,11,16)(H,14,15). The minimum atomic E-state index is -0.832. The summed E-state index contributed by atoms with van der Waals surface area (Å²) in [5, 5.41) is 11.2. The Hall–Kier alpha value is -1.30. The second-order valence-electron chi connectivity index (χ2n) is 3.95. The van der Waals surface area contributed by atoms with Gasteiger partial charge < -0.3 is 20.2 Å². The summed E-state index contributed by atoms with van der Waals surface area (Å²) >= 11 is 0. The lowest BCUT2D eigenvalue weighted by Gasteiger charge is -2.18. The number of rotatable bonds is 7. The molecule has 0 rings (SSSR count). The van der Waals surface area contributed by atoms with E-state index in [0.717, 1.165) is 6.54 Å². The number of hydrogen-bond acceptors (Lipinski definition) is 3. The number of carboxylic acids is 1. The zero-order valence-corrected chi connectivity index (χ0v) is 10.2. The molecule has 6 heteroatoms. The van der Waals surface area contributed by atoms with Crippen molar-refractivity contribution >= 4 is 12.0 Å². The second kappa shape index (κ2) is 7.92. The van der Waals surface area contributed by atoms with Crippen LogP contribution in [0.5, 0.6) is 0 Å². The third-order valence-corrected chi connectivity index (χ3v) is 2.07. The summed E-state index contributed by atoms with van der Waals surface area (Å²) in [6, 6.07) is -0.160. The van der Waals surface area contributed by atoms with Gasteiger partial charge in [-0.15, -0.1) is 0 Å². The van der Waals surface area contributed by atoms with Gasteiger partial charge in [0.1, 0.15) is 0 Å². The summed E-state index contributed by atoms with van der Waals surface area (Å²) in [5.74, 6) is -0.832. The van der Waals surface area contributed by atoms with E-state index in [9.17, 15) is 9.59 Å². The van der Waals surface area contributed by atoms with E-state index < -0.39 is 5.97 Å². The van der Waals surface area contributed by atoms with Crippen molar-refractivity contribution in [2.45, 2.75) is 12.8 Å². The lowest BCUT2D eigenvalue weighted by Crippen LogP contribution is -2.40. The normalized spacial score (nSPS) is 10.2. The van der Waals surface area contributed by atoms with Crippen molar-refractivity contribution in [1.82, 2.24) is 15.1 Å². The van der Waals surface area contributed by atoms with Crippen LogP contribution in [0, 0.1) is 0 Å². The largest absolute Gasteiger partial charge is 0.481 e. The van der Waals surface area contributed by atoms with Crippen LogP contribution >= 0.6 is 0 Å². The minimum Gasteiger partial charge on any atom is -0.481 e. The average molecular weight is 231 g/mol. The summed E-state index contributed by atoms with van der Waals surface area (Å²) in [5.41, 5.74) is 0. The van der Waals surface area contributed by atoms with Gasteiger partial charge in [-0.25, -0.2) is 4.79 Å². The summed E-state index contributed by atoms with van der Waals surface area (Å²) in [4.78, 5) is 25.2. The molecular formula is C10H21N3O3. The number of aliphatic carboxylic acids is 1. The smallest absolute Gasteiger partial charge is 0.317 e. The molecule has 0 fully saturated rings. The second-order valence-corrected chi connectivity index (χ2v) is 3.95. The fraction of sp³-hybridized carbons (Fsp3) is 0.800. The van der Waals surface area contributed by atoms with Gasteiger partial charge in [-0.05, 0) is 20.5 Å². The highest BCUT2D eigenvalue weighted by Crippen LogP contribution is 1.93. The van der Waals surface area contributed by atoms with Gasteiger partial charge in [0.15, 0.2) is 0 Å². The van der Waals surface area contributed by atoms with Gasteiger partial charge in [0.2, 0.25) is 0 Å². The molecule has 0 spiro atoms. The van der Waals surface area contributed by atoms with Crippen LogP contribution in [-0.2, 0) is 4.79 Å². The molecule has 0 bridgehead atoms. The topological polar surface area (TPSA) is 72.9 Å². The average Bonchev–Trinajstić information content (AvgIpc) is 2.16. The van der Waals surface area contributed by atoms with Crippen molar-refractivity contribution in [3.63, 3.8) is 0 Å². The molecule has 0 heterocycles. The molecule has 0 unspecified atom stereocenters. The van der Waals surface area contributed by atoms with Gasteiger partial charge in [0, 0.05) is 33.1 Å². The maximum atomic E-state index is 11.4. The first kappa shape index (κ1) is 14.7. The molecule has 0 aromatic rings. The fourth-order valence-corrected chi connectivity index (χ4v) is 1.09. The molecule has 2 N–H and O–H groups in total. The molecule has 0 aromatic carbocycles. The Bertz CT molecular complexity index is 231. The maximum absolute atomic E-state index is 11.4. The number of carboxylic acid groups (broad SMARTS) is 1. The number of urea groups is 1. The van der Waals surface area contributed by atoms with Crippen molar-refractivity contribution in [1.29, 1.82) is 0 Å². The molecule has 16 heavy (non-hydrogen) atoms. The highest BCUT2D eigenvalue weighted by atomic mass is 16.4. The van der Waals surface area contributed by atoms with E-state index in [2.05, 4.69) is 5.32 Å². The van der Waals surface area contributed by atoms with Gasteiger partial charge in [-0.2, -0.15) is 0 Å². The van der Waals surface area contributed by atoms with E-state index in [-0.39, 0.29) is 12.5 Å². The van der Waals surface area contributed by atoms with E-state index in [0.29, 0.717) is 19.5 Å². The molecule has 0 saturated heterocycles. The Labute approximate surface area is 96.2 Å². The van der Waals surface area contributed by atoms with Crippen LogP contribution in [0.2, 0.25) is 0 Å². The molecule has 6 nitrogen and oxygen atoms in total. The van der Waals surface area contributed by atoms with Crippen LogP contribution in [0.1, 0.15) is 12.8 Å². The fourth-order valence-electron chi connectivity index (χ4n) is 1.09. The van der Waals surface area contributed by atoms with Crippen LogP contribution < -0.4 is 5.32 Å². The van der Waals surface area contributed by atoms with Crippen LogP contribution in [0.25, 0.3) is 0 Å². The van der Waals surface area contributed by atoms with Crippen molar-refractivity contribution in [2.24, 2.45) is 0 Å². The summed E-state index contributed by atoms with van der Waals surface area (Å²) in [7, 11) is 5.53. The summed E-state index contributed by atoms with van der Waals surface area (Å²) in [6.07, 6.45) is 0.572. The van der Waals surface area contributed by atoms with Crippen molar-refractivity contribution in [3.05, 3.63) is 0 Å². The first-order valence-electron chi connectivity index (χ1n) is 5.29. The lowest BCUT2D eigenvalue weighted by molar-refractivity contribution is -0.137. The van der Waals surface area contributed by atoms with Crippen LogP contribution in [0.3, 0.4) is 0 Å². The molecule has 0 aliphatic heterocycles. The Morgan fingerprint density at radius 2 is 1.81 bits per heavy atom. The van der Waals surface area contributed by atoms with Gasteiger partial charge in [-0.3, -0.25) is 4.79 Å². The lowest BCUT2D eigenvalue weighted by atomic mass is 10.3. The molecule has 0 aromatic heterocycles. The van der Waals surface area contributed by atoms with Gasteiger partial charge in [-0.1, -0.05) is 0 Å². The van der Waals surface area contributed by atoms with E-state index in [1.807, 2.05) is 19.0 Å². The number of hydrogen-bond donors (Lipinski definition) is 2. The van der Waals surface area contributed by atoms with E-state index in [4.69, 9.17) is 5.11 Å². The minimum absolute atomic E-state index is 0.0926. The third-order valence-electron chi connectivity index (χ3n) is 2.07. The molecule has 94 valence electrons. The van der Waals surface area contributed by atoms with E-state index in [1.165, 1.54) is 4.90 Å². The zero-order chi connectivity index (χ0) is 12.6. The number of carbonyl (C=O) groups excluding carboxylic acids is 1. The zero-order valence-electron chi connectivity index (χ0n) is 10.2. The predicted molar refractivity (Wildman–Crippen MR) is 61.5 cm³/mol. The van der Waals surface area contributed by atoms with Crippen molar-refractivity contribution in [3.8, 4) is 0 Å². The summed E-state index contributed by atoms with van der Waals surface area (Å²) in [6.45, 7) is 1.84. The maximum Gasteiger partial charge on any atom is 0.317 e. The first-order valence-corrected chi connectivity index (χ1v) is 5.29. The Kier molecular flexibility index (Phi) is 7.28. The molecular weight excluding hydrogens is 210 g/mol. The van der Waals surface area contributed by atoms with Gasteiger partial charge in [0.25, 0.3) is 0 Å². The highest BCUT2D eigenvalue weighted by molar-refractivity contribution is 5.73. The monoisotopic (exact) mass is 231 g/mol. The van der Waals surface area contributed by atoms with E-state index in [1.54, 1.807) is 7.05 Å². The van der Waals surface area contributed by atoms with Gasteiger partial charge in [0.05, 0.1) is 0 Å². The highest BCUT2D eigenvalue weighted by Gasteiger charge is 2.07. The van der Waals surface area contributed by atoms with Crippen molar-refractivity contribution < 1.29 is 14.7 Å². The molecule has 2 amide bonds. The molecule has 0 atom stereocenters. The Morgan fingerprint density at radius 1 is 1.19 bits per heavy atom. The Balaban J connectivity index is 3.61. The van der Waals surface area contributed by atoms with Crippen LogP contribution in [0.4, 0.5) is 4.79 Å². The SMILES string of the molecule is CN(C)CCNC(=O)N(C)CCCC(=O)O. The molecule has 0 radical (unpaired) electrons. The number of carbonyl (C=O) groups is 2. The predicted octanol–water partition coefficient (Wildman–Crippen LogP) is 0.0542. The first-order chi connectivity index (χ1) is 7.43. The molecule has 0 aliphatic rings. The number of amides is 2. The van der Waals surface area contributed by atoms with Crippen LogP contribution in [0.15, 0.2) is 0 Å². The third kappa shape index (κ3) is 8.05. The number of likely N-dealkylation sites (N-methyl/N-ethyl adjacent to an activating group) is 1.